The van der Waals surface area contributed by atoms with Crippen molar-refractivity contribution in [2.24, 2.45) is 0 Å². The molecule has 0 spiro atoms. The maximum Gasteiger partial charge on any atom is 0.160 e. The molecule has 0 bridgehead atoms. The van der Waals surface area contributed by atoms with Crippen molar-refractivity contribution in [2.75, 3.05) is 0 Å². The summed E-state index contributed by atoms with van der Waals surface area (Å²) in [6.07, 6.45) is 0. The fourth-order valence-electron chi connectivity index (χ4n) is 17.1. The van der Waals surface area contributed by atoms with Gasteiger partial charge >= 0.3 is 0 Å². The third kappa shape index (κ3) is 12.6. The molecule has 120 heavy (non-hydrogen) atoms. The number of pyridine rings is 2. The van der Waals surface area contributed by atoms with Crippen LogP contribution in [0.1, 0.15) is 0 Å². The van der Waals surface area contributed by atoms with E-state index in [2.05, 4.69) is 303 Å². The van der Waals surface area contributed by atoms with Gasteiger partial charge in [-0.2, -0.15) is 0 Å². The number of fused-ring (bicyclic) bond motifs is 16. The molecule has 0 aliphatic rings. The Bertz CT molecular complexity index is 8130. The lowest BCUT2D eigenvalue weighted by molar-refractivity contribution is 0.672. The quantitative estimate of drug-likeness (QED) is 0.119. The van der Waals surface area contributed by atoms with Crippen LogP contribution in [-0.4, -0.2) is 29.9 Å². The summed E-state index contributed by atoms with van der Waals surface area (Å²) >= 11 is 3.67. The van der Waals surface area contributed by atoms with Gasteiger partial charge in [-0.15, -0.1) is 22.7 Å². The van der Waals surface area contributed by atoms with Crippen LogP contribution in [0, 0.1) is 0 Å². The van der Waals surface area contributed by atoms with Gasteiger partial charge in [-0.05, 0) is 154 Å². The molecule has 24 aromatic rings. The molecular formula is C110H66N6O2S2. The second-order valence-electron chi connectivity index (χ2n) is 30.3. The Hall–Kier alpha value is -15.5. The average Bonchev–Trinajstić information content (AvgIpc) is 1.56. The Morgan fingerprint density at radius 1 is 0.192 bits per heavy atom. The topological polar surface area (TPSA) is 104 Å². The highest BCUT2D eigenvalue weighted by molar-refractivity contribution is 7.26. The van der Waals surface area contributed by atoms with E-state index in [1.54, 1.807) is 0 Å². The number of benzene rings is 16. The minimum atomic E-state index is 0.667. The van der Waals surface area contributed by atoms with Crippen LogP contribution < -0.4 is 0 Å². The first-order chi connectivity index (χ1) is 59.4. The first-order valence-electron chi connectivity index (χ1n) is 40.2. The zero-order valence-corrected chi connectivity index (χ0v) is 66.1. The number of aromatic nitrogens is 6. The van der Waals surface area contributed by atoms with Gasteiger partial charge in [0, 0.05) is 106 Å². The molecule has 0 fully saturated rings. The van der Waals surface area contributed by atoms with Crippen molar-refractivity contribution in [2.45, 2.75) is 0 Å². The minimum Gasteiger partial charge on any atom is -0.455 e. The zero-order chi connectivity index (χ0) is 79.1. The molecule has 0 saturated carbocycles. The Labute approximate surface area is 697 Å². The van der Waals surface area contributed by atoms with Crippen LogP contribution in [0.2, 0.25) is 0 Å². The van der Waals surface area contributed by atoms with Crippen molar-refractivity contribution in [3.8, 4) is 135 Å². The molecule has 0 radical (unpaired) electrons. The van der Waals surface area contributed by atoms with Gasteiger partial charge in [-0.25, -0.2) is 29.9 Å². The van der Waals surface area contributed by atoms with Gasteiger partial charge in [0.2, 0.25) is 0 Å². The molecule has 16 aromatic carbocycles. The van der Waals surface area contributed by atoms with Crippen LogP contribution in [0.3, 0.4) is 0 Å². The third-order valence-electron chi connectivity index (χ3n) is 22.9. The first-order valence-corrected chi connectivity index (χ1v) is 41.8. The summed E-state index contributed by atoms with van der Waals surface area (Å²) in [7, 11) is 0. The minimum absolute atomic E-state index is 0.667. The molecule has 0 atom stereocenters. The Morgan fingerprint density at radius 2 is 0.542 bits per heavy atom. The fourth-order valence-corrected chi connectivity index (χ4v) is 19.4. The summed E-state index contributed by atoms with van der Waals surface area (Å²) in [6.45, 7) is 0. The number of thiophene rings is 2. The van der Waals surface area contributed by atoms with Crippen LogP contribution in [0.25, 0.3) is 241 Å². The molecular weight excluding hydrogens is 1500 g/mol. The van der Waals surface area contributed by atoms with E-state index < -0.39 is 0 Å². The van der Waals surface area contributed by atoms with E-state index in [-0.39, 0.29) is 0 Å². The largest absolute Gasteiger partial charge is 0.455 e. The van der Waals surface area contributed by atoms with Crippen molar-refractivity contribution in [1.29, 1.82) is 0 Å². The molecule has 0 saturated heterocycles. The molecule has 10 heteroatoms. The highest BCUT2D eigenvalue weighted by atomic mass is 32.1. The van der Waals surface area contributed by atoms with Gasteiger partial charge in [0.25, 0.3) is 0 Å². The standard InChI is InChI=1S/2C55H33N3OS/c1-3-14-34(15-4-1)35-26-28-36(29-27-35)47-33-48(58-55(57-47)37-16-5-2-6-17-37)39-30-38(41-21-13-22-43-42-18-9-12-25-50(42)60-54(41)43)31-40(32-39)52-51-45-20-8-11-24-49(45)59-53(51)44-19-7-10-23-46(44)56-52;1-3-13-34(14-4-1)35-23-25-36(26-24-35)47-33-48(58-55(57-47)37-15-5-2-6-16-37)40-29-39(38-27-28-51-45(32-38)42-17-9-12-22-50(42)60-51)30-41(31-40)53-52-44-19-8-11-21-49(44)59-54(52)43-18-7-10-20-46(43)56-53/h2*1-33H. The van der Waals surface area contributed by atoms with Gasteiger partial charge in [-0.1, -0.05) is 291 Å². The third-order valence-corrected chi connectivity index (χ3v) is 25.3. The van der Waals surface area contributed by atoms with Gasteiger partial charge in [0.1, 0.15) is 22.3 Å². The number of hydrogen-bond donors (Lipinski definition) is 0. The first kappa shape index (κ1) is 70.0. The predicted molar refractivity (Wildman–Crippen MR) is 500 cm³/mol. The molecule has 0 unspecified atom stereocenters. The SMILES string of the molecule is c1ccc(-c2ccc(-c3cc(-c4cc(-c5ccc6sc7ccccc7c6c5)cc(-c5nc6ccccc6c6oc7ccccc7c56)c4)nc(-c4ccccc4)n3)cc2)cc1.c1ccc(-c2ccc(-c3cc(-c4cc(-c5cccc6c5sc5ccccc56)cc(-c5nc6ccccc6c6oc7ccccc7c56)c4)nc(-c4ccccc4)n3)cc2)cc1. The summed E-state index contributed by atoms with van der Waals surface area (Å²) in [5.41, 5.74) is 27.2. The van der Waals surface area contributed by atoms with E-state index in [1.165, 1.54) is 57.0 Å². The summed E-state index contributed by atoms with van der Waals surface area (Å²) in [5.74, 6) is 1.33. The molecule has 560 valence electrons. The zero-order valence-electron chi connectivity index (χ0n) is 64.4. The monoisotopic (exact) mass is 1570 g/mol. The highest BCUT2D eigenvalue weighted by Crippen LogP contribution is 2.48. The average molecular weight is 1570 g/mol. The van der Waals surface area contributed by atoms with Crippen molar-refractivity contribution >= 4 is 129 Å². The van der Waals surface area contributed by atoms with Crippen molar-refractivity contribution < 1.29 is 8.83 Å². The van der Waals surface area contributed by atoms with Crippen LogP contribution in [0.4, 0.5) is 0 Å². The van der Waals surface area contributed by atoms with Crippen LogP contribution in [0.15, 0.2) is 409 Å². The maximum atomic E-state index is 6.66. The lowest BCUT2D eigenvalue weighted by Crippen LogP contribution is -1.97. The molecule has 0 aliphatic carbocycles. The predicted octanol–water partition coefficient (Wildman–Crippen LogP) is 30.6. The van der Waals surface area contributed by atoms with Crippen LogP contribution in [0.5, 0.6) is 0 Å². The van der Waals surface area contributed by atoms with E-state index in [4.69, 9.17) is 38.7 Å². The van der Waals surface area contributed by atoms with Gasteiger partial charge in [0.05, 0.1) is 56.0 Å². The maximum absolute atomic E-state index is 6.66. The van der Waals surface area contributed by atoms with Crippen molar-refractivity contribution in [3.05, 3.63) is 400 Å². The number of hydrogen-bond acceptors (Lipinski definition) is 10. The smallest absolute Gasteiger partial charge is 0.160 e. The highest BCUT2D eigenvalue weighted by Gasteiger charge is 2.25. The second-order valence-corrected chi connectivity index (χ2v) is 32.4. The normalized spacial score (nSPS) is 11.7. The molecule has 24 rings (SSSR count). The molecule has 0 aliphatic heterocycles. The molecule has 8 nitrogen and oxygen atoms in total. The molecule has 8 heterocycles. The number of rotatable bonds is 12. The Morgan fingerprint density at radius 3 is 1.05 bits per heavy atom. The lowest BCUT2D eigenvalue weighted by Gasteiger charge is -2.14. The molecule has 0 amide bonds. The van der Waals surface area contributed by atoms with Crippen LogP contribution >= 0.6 is 22.7 Å². The van der Waals surface area contributed by atoms with Crippen molar-refractivity contribution in [1.82, 2.24) is 29.9 Å². The van der Waals surface area contributed by atoms with E-state index in [1.807, 2.05) is 120 Å². The summed E-state index contributed by atoms with van der Waals surface area (Å²) in [4.78, 5) is 31.9. The lowest BCUT2D eigenvalue weighted by atomic mass is 9.93. The Balaban J connectivity index is 0.000000140. The van der Waals surface area contributed by atoms with Gasteiger partial charge in [0.15, 0.2) is 11.6 Å². The summed E-state index contributed by atoms with van der Waals surface area (Å²) in [6, 6.07) is 140. The van der Waals surface area contributed by atoms with E-state index in [0.717, 1.165) is 172 Å². The van der Waals surface area contributed by atoms with Gasteiger partial charge < -0.3 is 8.83 Å². The van der Waals surface area contributed by atoms with E-state index >= 15 is 0 Å². The number of furan rings is 2. The van der Waals surface area contributed by atoms with Crippen LogP contribution in [-0.2, 0) is 0 Å². The van der Waals surface area contributed by atoms with Crippen molar-refractivity contribution in [3.63, 3.8) is 0 Å². The molecule has 8 aromatic heterocycles. The van der Waals surface area contributed by atoms with Gasteiger partial charge in [-0.3, -0.25) is 0 Å². The second kappa shape index (κ2) is 29.4. The van der Waals surface area contributed by atoms with E-state index in [0.29, 0.717) is 11.6 Å². The Kier molecular flexibility index (Phi) is 17.1. The summed E-state index contributed by atoms with van der Waals surface area (Å²) in [5, 5.41) is 11.1. The number of nitrogens with zero attached hydrogens (tertiary/aromatic N) is 6. The fraction of sp³-hybridized carbons (Fsp3) is 0. The number of para-hydroxylation sites is 4. The van der Waals surface area contributed by atoms with E-state index in [9.17, 15) is 0 Å². The summed E-state index contributed by atoms with van der Waals surface area (Å²) < 4.78 is 18.4. The molecule has 0 N–H and O–H groups in total.